The Hall–Kier alpha value is -1.51. The summed E-state index contributed by atoms with van der Waals surface area (Å²) in [6, 6.07) is 5.46. The molecule has 1 aromatic heterocycles. The van der Waals surface area contributed by atoms with Crippen molar-refractivity contribution in [2.24, 2.45) is 4.99 Å². The van der Waals surface area contributed by atoms with Crippen LogP contribution in [0.25, 0.3) is 11.3 Å². The van der Waals surface area contributed by atoms with Crippen molar-refractivity contribution in [1.29, 1.82) is 0 Å². The van der Waals surface area contributed by atoms with Crippen LogP contribution in [0.1, 0.15) is 70.1 Å². The van der Waals surface area contributed by atoms with Gasteiger partial charge in [-0.25, -0.2) is 0 Å². The number of halogens is 2. The maximum atomic E-state index is 10.8. The molecule has 196 valence electrons. The number of likely N-dealkylation sites (tertiary alicyclic amines) is 1. The number of aromatic nitrogens is 1. The van der Waals surface area contributed by atoms with Crippen molar-refractivity contribution in [3.63, 3.8) is 0 Å². The summed E-state index contributed by atoms with van der Waals surface area (Å²) >= 11 is 14.4. The van der Waals surface area contributed by atoms with E-state index >= 15 is 0 Å². The van der Waals surface area contributed by atoms with E-state index in [1.807, 2.05) is 44.2 Å². The zero-order chi connectivity index (χ0) is 25.7. The highest BCUT2D eigenvalue weighted by Crippen LogP contribution is 2.46. The SMILES string of the molecule is CC/C=C\C(C)(O)S/C(=N\CC)N1CCC(OCc2c(-c3c(Cl)cccc3Cl)noc2C2CC2)CC1. The number of hydrogen-bond acceptors (Lipinski definition) is 6. The maximum absolute atomic E-state index is 10.8. The highest BCUT2D eigenvalue weighted by atomic mass is 35.5. The summed E-state index contributed by atoms with van der Waals surface area (Å²) in [6.45, 7) is 8.63. The molecule has 0 spiro atoms. The zero-order valence-electron chi connectivity index (χ0n) is 21.2. The highest BCUT2D eigenvalue weighted by Gasteiger charge is 2.34. The smallest absolute Gasteiger partial charge is 0.162 e. The molecule has 0 radical (unpaired) electrons. The number of piperidine rings is 1. The van der Waals surface area contributed by atoms with Crippen molar-refractivity contribution in [2.45, 2.75) is 76.4 Å². The van der Waals surface area contributed by atoms with Gasteiger partial charge in [-0.05, 0) is 75.9 Å². The Balaban J connectivity index is 1.41. The second-order valence-corrected chi connectivity index (χ2v) is 11.7. The van der Waals surface area contributed by atoms with Gasteiger partial charge < -0.3 is 19.3 Å². The van der Waals surface area contributed by atoms with Gasteiger partial charge in [0.15, 0.2) is 5.17 Å². The summed E-state index contributed by atoms with van der Waals surface area (Å²) < 4.78 is 12.2. The van der Waals surface area contributed by atoms with Gasteiger partial charge in [0.25, 0.3) is 0 Å². The van der Waals surface area contributed by atoms with Crippen molar-refractivity contribution in [2.75, 3.05) is 19.6 Å². The average Bonchev–Trinajstić information content (AvgIpc) is 3.62. The molecule has 2 aliphatic rings. The molecule has 0 amide bonds. The number of aliphatic hydroxyl groups is 1. The lowest BCUT2D eigenvalue weighted by Crippen LogP contribution is -2.41. The molecule has 36 heavy (non-hydrogen) atoms. The van der Waals surface area contributed by atoms with Crippen molar-refractivity contribution >= 4 is 40.1 Å². The number of nitrogens with zero attached hydrogens (tertiary/aromatic N) is 3. The number of ether oxygens (including phenoxy) is 1. The molecule has 1 aliphatic carbocycles. The fourth-order valence-corrected chi connectivity index (χ4v) is 5.97. The summed E-state index contributed by atoms with van der Waals surface area (Å²) in [5, 5.41) is 17.1. The van der Waals surface area contributed by atoms with Crippen molar-refractivity contribution < 1.29 is 14.4 Å². The second kappa shape index (κ2) is 12.4. The number of benzene rings is 1. The van der Waals surface area contributed by atoms with Crippen LogP contribution in [0.15, 0.2) is 39.9 Å². The Kier molecular flexibility index (Phi) is 9.45. The Morgan fingerprint density at radius 1 is 1.25 bits per heavy atom. The van der Waals surface area contributed by atoms with Crippen LogP contribution in [0.2, 0.25) is 10.0 Å². The third-order valence-electron chi connectivity index (χ3n) is 6.40. The molecule has 2 heterocycles. The maximum Gasteiger partial charge on any atom is 0.162 e. The van der Waals surface area contributed by atoms with E-state index in [2.05, 4.69) is 22.0 Å². The van der Waals surface area contributed by atoms with Gasteiger partial charge in [0.1, 0.15) is 16.4 Å². The van der Waals surface area contributed by atoms with E-state index in [1.54, 1.807) is 0 Å². The molecule has 0 bridgehead atoms. The van der Waals surface area contributed by atoms with Gasteiger partial charge in [0, 0.05) is 36.7 Å². The van der Waals surface area contributed by atoms with Crippen LogP contribution < -0.4 is 0 Å². The van der Waals surface area contributed by atoms with Crippen LogP contribution in [0.3, 0.4) is 0 Å². The molecule has 9 heteroatoms. The number of allylic oxidation sites excluding steroid dienone is 1. The predicted molar refractivity (Wildman–Crippen MR) is 149 cm³/mol. The first kappa shape index (κ1) is 27.5. The lowest BCUT2D eigenvalue weighted by molar-refractivity contribution is 0.00833. The topological polar surface area (TPSA) is 71.1 Å². The van der Waals surface area contributed by atoms with E-state index in [1.165, 1.54) is 11.8 Å². The normalized spacial score (nSPS) is 19.3. The van der Waals surface area contributed by atoms with E-state index in [0.717, 1.165) is 61.7 Å². The van der Waals surface area contributed by atoms with Gasteiger partial charge in [-0.3, -0.25) is 4.99 Å². The minimum absolute atomic E-state index is 0.117. The standard InChI is InChI=1S/C27H35Cl2N3O3S/c1-4-6-14-27(3,33)36-26(30-5-2)32-15-12-19(13-16-32)34-17-20-24(31-35-25(20)18-10-11-18)23-21(28)8-7-9-22(23)29/h6-9,14,18-19,33H,4-5,10-13,15-17H2,1-3H3/b14-6-,30-26-. The van der Waals surface area contributed by atoms with Gasteiger partial charge in [0.2, 0.25) is 0 Å². The molecule has 1 saturated heterocycles. The molecule has 4 rings (SSSR count). The van der Waals surface area contributed by atoms with Gasteiger partial charge in [-0.15, -0.1) is 0 Å². The van der Waals surface area contributed by atoms with Crippen LogP contribution in [0.5, 0.6) is 0 Å². The molecular weight excluding hydrogens is 517 g/mol. The summed E-state index contributed by atoms with van der Waals surface area (Å²) in [4.78, 5) is 5.95. The molecule has 2 aromatic rings. The van der Waals surface area contributed by atoms with E-state index < -0.39 is 4.93 Å². The summed E-state index contributed by atoms with van der Waals surface area (Å²) in [5.41, 5.74) is 2.34. The minimum Gasteiger partial charge on any atom is -0.376 e. The third kappa shape index (κ3) is 6.87. The molecule has 1 saturated carbocycles. The molecule has 6 nitrogen and oxygen atoms in total. The molecule has 1 aliphatic heterocycles. The van der Waals surface area contributed by atoms with Gasteiger partial charge >= 0.3 is 0 Å². The Labute approximate surface area is 228 Å². The minimum atomic E-state index is -0.985. The molecule has 1 atom stereocenters. The molecule has 2 fully saturated rings. The third-order valence-corrected chi connectivity index (χ3v) is 8.15. The van der Waals surface area contributed by atoms with Crippen LogP contribution in [-0.4, -0.2) is 51.0 Å². The van der Waals surface area contributed by atoms with Gasteiger partial charge in [0.05, 0.1) is 22.8 Å². The fourth-order valence-electron chi connectivity index (χ4n) is 4.35. The van der Waals surface area contributed by atoms with Crippen LogP contribution >= 0.6 is 35.0 Å². The number of hydrogen-bond donors (Lipinski definition) is 1. The van der Waals surface area contributed by atoms with E-state index in [9.17, 15) is 5.11 Å². The van der Waals surface area contributed by atoms with Crippen LogP contribution in [0, 0.1) is 0 Å². The lowest BCUT2D eigenvalue weighted by atomic mass is 10.0. The van der Waals surface area contributed by atoms with E-state index in [-0.39, 0.29) is 6.10 Å². The monoisotopic (exact) mass is 551 g/mol. The molecular formula is C27H35Cl2N3O3S. The first-order valence-corrected chi connectivity index (χ1v) is 14.3. The van der Waals surface area contributed by atoms with Crippen LogP contribution in [0.4, 0.5) is 0 Å². The Bertz CT molecular complexity index is 1070. The predicted octanol–water partition coefficient (Wildman–Crippen LogP) is 7.29. The molecule has 1 aromatic carbocycles. The second-order valence-electron chi connectivity index (χ2n) is 9.47. The average molecular weight is 553 g/mol. The van der Waals surface area contributed by atoms with Crippen LogP contribution in [-0.2, 0) is 11.3 Å². The van der Waals surface area contributed by atoms with Crippen molar-refractivity contribution in [3.8, 4) is 11.3 Å². The summed E-state index contributed by atoms with van der Waals surface area (Å²) in [5.74, 6) is 1.29. The van der Waals surface area contributed by atoms with E-state index in [4.69, 9.17) is 32.5 Å². The summed E-state index contributed by atoms with van der Waals surface area (Å²) in [7, 11) is 0. The van der Waals surface area contributed by atoms with Gasteiger partial charge in [-0.1, -0.05) is 47.4 Å². The van der Waals surface area contributed by atoms with Crippen molar-refractivity contribution in [3.05, 3.63) is 51.7 Å². The van der Waals surface area contributed by atoms with Crippen molar-refractivity contribution in [1.82, 2.24) is 10.1 Å². The molecule has 1 unspecified atom stereocenters. The number of thioether (sulfide) groups is 1. The molecule has 1 N–H and O–H groups in total. The number of amidine groups is 1. The summed E-state index contributed by atoms with van der Waals surface area (Å²) in [6.07, 6.45) is 8.80. The van der Waals surface area contributed by atoms with E-state index in [0.29, 0.717) is 40.4 Å². The first-order chi connectivity index (χ1) is 17.3. The quantitative estimate of drug-likeness (QED) is 0.152. The highest BCUT2D eigenvalue weighted by molar-refractivity contribution is 8.14. The Morgan fingerprint density at radius 2 is 1.94 bits per heavy atom. The Morgan fingerprint density at radius 3 is 2.56 bits per heavy atom. The fraction of sp³-hybridized carbons (Fsp3) is 0.556. The number of aliphatic imine (C=N–C) groups is 1. The zero-order valence-corrected chi connectivity index (χ0v) is 23.5. The largest absolute Gasteiger partial charge is 0.376 e. The lowest BCUT2D eigenvalue weighted by Gasteiger charge is -2.35. The van der Waals surface area contributed by atoms with Gasteiger partial charge in [-0.2, -0.15) is 0 Å². The number of rotatable bonds is 9. The first-order valence-electron chi connectivity index (χ1n) is 12.8.